The molecule has 250 valence electrons. The Kier molecular flexibility index (Phi) is 8.62. The van der Waals surface area contributed by atoms with Crippen LogP contribution < -0.4 is 14.8 Å². The second kappa shape index (κ2) is 12.9. The van der Waals surface area contributed by atoms with Gasteiger partial charge in [-0.25, -0.2) is 9.97 Å². The molecule has 3 aliphatic heterocycles. The first kappa shape index (κ1) is 32.0. The molecule has 3 saturated heterocycles. The van der Waals surface area contributed by atoms with E-state index in [1.807, 2.05) is 48.5 Å². The fourth-order valence-corrected chi connectivity index (χ4v) is 9.35. The first-order chi connectivity index (χ1) is 23.4. The van der Waals surface area contributed by atoms with Crippen LogP contribution in [0.5, 0.6) is 11.8 Å². The third-order valence-electron chi connectivity index (χ3n) is 11.1. The van der Waals surface area contributed by atoms with E-state index in [9.17, 15) is 0 Å². The molecule has 7 nitrogen and oxygen atoms in total. The summed E-state index contributed by atoms with van der Waals surface area (Å²) in [6.07, 6.45) is 8.01. The molecule has 0 atom stereocenters. The van der Waals surface area contributed by atoms with Gasteiger partial charge in [-0.2, -0.15) is 0 Å². The molecule has 9 heteroatoms. The number of ether oxygens (including phenoxy) is 2. The molecule has 4 aromatic rings. The SMILES string of the molecule is COc1nc(-c2cccc(-c3cccc(-c4ccc(CN5CC6(CCCN6)C5)c(OC)n4)c3Cl)c2Cl)ccc1CN1CC2(CCCC2)C1. The lowest BCUT2D eigenvalue weighted by Crippen LogP contribution is -2.66. The molecule has 1 saturated carbocycles. The molecule has 1 aliphatic carbocycles. The standard InChI is InChI=1S/C39H43Cl2N5O2/c1-47-36-26(20-45-22-38(23-45)16-3-4-17-38)12-14-32(43-36)30-10-5-8-28(34(30)40)29-9-6-11-31(35(29)41)33-15-13-27(37(44-33)48-2)21-46-24-39(25-46)18-7-19-42-39/h5-6,8-15,42H,3-4,7,16-25H2,1-2H3. The monoisotopic (exact) mass is 683 g/mol. The predicted octanol–water partition coefficient (Wildman–Crippen LogP) is 8.12. The molecular weight excluding hydrogens is 641 g/mol. The number of aromatic nitrogens is 2. The van der Waals surface area contributed by atoms with Crippen LogP contribution in [0.25, 0.3) is 33.6 Å². The van der Waals surface area contributed by atoms with E-state index >= 15 is 0 Å². The van der Waals surface area contributed by atoms with Gasteiger partial charge in [0.1, 0.15) is 0 Å². The lowest BCUT2D eigenvalue weighted by Gasteiger charge is -2.48. The van der Waals surface area contributed by atoms with Gasteiger partial charge in [-0.1, -0.05) is 84.6 Å². The zero-order chi connectivity index (χ0) is 32.9. The Labute approximate surface area is 293 Å². The van der Waals surface area contributed by atoms with Crippen LogP contribution >= 0.6 is 23.2 Å². The van der Waals surface area contributed by atoms with Gasteiger partial charge in [0.25, 0.3) is 0 Å². The normalized spacial score (nSPS) is 19.8. The average Bonchev–Trinajstić information content (AvgIpc) is 3.77. The fraction of sp³-hybridized carbons (Fsp3) is 0.436. The number of nitrogens with one attached hydrogen (secondary N) is 1. The molecule has 0 unspecified atom stereocenters. The molecule has 48 heavy (non-hydrogen) atoms. The molecule has 8 rings (SSSR count). The van der Waals surface area contributed by atoms with Gasteiger partial charge in [0.2, 0.25) is 11.8 Å². The van der Waals surface area contributed by atoms with Crippen molar-refractivity contribution in [3.8, 4) is 45.4 Å². The minimum atomic E-state index is 0.311. The van der Waals surface area contributed by atoms with Crippen molar-refractivity contribution >= 4 is 23.2 Å². The van der Waals surface area contributed by atoms with Crippen molar-refractivity contribution < 1.29 is 9.47 Å². The van der Waals surface area contributed by atoms with Crippen molar-refractivity contribution in [3.05, 3.63) is 81.8 Å². The summed E-state index contributed by atoms with van der Waals surface area (Å²) in [5.74, 6) is 1.28. The molecule has 5 heterocycles. The topological polar surface area (TPSA) is 62.8 Å². The largest absolute Gasteiger partial charge is 0.481 e. The number of hydrogen-bond acceptors (Lipinski definition) is 7. The van der Waals surface area contributed by atoms with E-state index < -0.39 is 0 Å². The smallest absolute Gasteiger partial charge is 0.218 e. The fourth-order valence-electron chi connectivity index (χ4n) is 8.71. The molecule has 1 N–H and O–H groups in total. The third-order valence-corrected chi connectivity index (χ3v) is 11.9. The minimum Gasteiger partial charge on any atom is -0.481 e. The highest BCUT2D eigenvalue weighted by atomic mass is 35.5. The summed E-state index contributed by atoms with van der Waals surface area (Å²) in [4.78, 5) is 14.8. The van der Waals surface area contributed by atoms with E-state index in [0.29, 0.717) is 32.8 Å². The molecule has 4 fully saturated rings. The summed E-state index contributed by atoms with van der Waals surface area (Å²) in [5.41, 5.74) is 7.91. The predicted molar refractivity (Wildman–Crippen MR) is 193 cm³/mol. The number of nitrogens with zero attached hydrogens (tertiary/aromatic N) is 4. The van der Waals surface area contributed by atoms with E-state index in [4.69, 9.17) is 42.6 Å². The van der Waals surface area contributed by atoms with Gasteiger partial charge in [-0.3, -0.25) is 9.80 Å². The Bertz CT molecular complexity index is 1690. The summed E-state index contributed by atoms with van der Waals surface area (Å²) >= 11 is 14.3. The van der Waals surface area contributed by atoms with Gasteiger partial charge < -0.3 is 14.8 Å². The maximum atomic E-state index is 7.16. The quantitative estimate of drug-likeness (QED) is 0.191. The Hall–Kier alpha value is -3.20. The Morgan fingerprint density at radius 2 is 1.15 bits per heavy atom. The number of rotatable bonds is 9. The van der Waals surface area contributed by atoms with Crippen LogP contribution in [-0.4, -0.2) is 72.3 Å². The number of halogens is 2. The molecule has 4 aliphatic rings. The van der Waals surface area contributed by atoms with Gasteiger partial charge >= 0.3 is 0 Å². The van der Waals surface area contributed by atoms with Crippen molar-refractivity contribution in [2.24, 2.45) is 5.41 Å². The molecule has 2 aromatic carbocycles. The van der Waals surface area contributed by atoms with E-state index in [-0.39, 0.29) is 0 Å². The van der Waals surface area contributed by atoms with Gasteiger partial charge in [-0.05, 0) is 49.8 Å². The van der Waals surface area contributed by atoms with Crippen LogP contribution in [0.15, 0.2) is 60.7 Å². The molecule has 2 aromatic heterocycles. The number of pyridine rings is 2. The second-order valence-corrected chi connectivity index (χ2v) is 15.1. The van der Waals surface area contributed by atoms with E-state index in [0.717, 1.165) is 77.5 Å². The minimum absolute atomic E-state index is 0.311. The zero-order valence-corrected chi connectivity index (χ0v) is 29.3. The van der Waals surface area contributed by atoms with Gasteiger partial charge in [0, 0.05) is 78.2 Å². The number of benzene rings is 2. The van der Waals surface area contributed by atoms with Crippen LogP contribution in [0.4, 0.5) is 0 Å². The van der Waals surface area contributed by atoms with E-state index in [2.05, 4.69) is 27.2 Å². The first-order valence-corrected chi connectivity index (χ1v) is 18.0. The molecule has 0 amide bonds. The zero-order valence-electron chi connectivity index (χ0n) is 27.8. The molecule has 0 radical (unpaired) electrons. The number of likely N-dealkylation sites (tertiary alicyclic amines) is 2. The summed E-state index contributed by atoms with van der Waals surface area (Å²) in [5, 5.41) is 4.87. The molecule has 0 bridgehead atoms. The van der Waals surface area contributed by atoms with Crippen LogP contribution in [-0.2, 0) is 13.1 Å². The lowest BCUT2D eigenvalue weighted by atomic mass is 9.78. The first-order valence-electron chi connectivity index (χ1n) is 17.2. The highest BCUT2D eigenvalue weighted by molar-refractivity contribution is 6.39. The Morgan fingerprint density at radius 1 is 0.646 bits per heavy atom. The van der Waals surface area contributed by atoms with Crippen molar-refractivity contribution in [3.63, 3.8) is 0 Å². The van der Waals surface area contributed by atoms with Crippen molar-refractivity contribution in [2.75, 3.05) is 46.9 Å². The maximum Gasteiger partial charge on any atom is 0.218 e. The number of hydrogen-bond donors (Lipinski definition) is 1. The highest BCUT2D eigenvalue weighted by Gasteiger charge is 2.45. The summed E-state index contributed by atoms with van der Waals surface area (Å²) in [6, 6.07) is 20.3. The average molecular weight is 685 g/mol. The van der Waals surface area contributed by atoms with Crippen molar-refractivity contribution in [2.45, 2.75) is 57.2 Å². The third kappa shape index (κ3) is 5.88. The van der Waals surface area contributed by atoms with Gasteiger partial charge in [0.05, 0.1) is 35.7 Å². The van der Waals surface area contributed by atoms with Crippen molar-refractivity contribution in [1.82, 2.24) is 25.1 Å². The lowest BCUT2D eigenvalue weighted by molar-refractivity contribution is -0.000797. The van der Waals surface area contributed by atoms with E-state index in [1.54, 1.807) is 14.2 Å². The molecule has 2 spiro atoms. The van der Waals surface area contributed by atoms with Gasteiger partial charge in [0.15, 0.2) is 0 Å². The van der Waals surface area contributed by atoms with Gasteiger partial charge in [-0.15, -0.1) is 0 Å². The molecular formula is C39H43Cl2N5O2. The summed E-state index contributed by atoms with van der Waals surface area (Å²) in [7, 11) is 3.37. The number of methoxy groups -OCH3 is 2. The van der Waals surface area contributed by atoms with Crippen LogP contribution in [0, 0.1) is 5.41 Å². The van der Waals surface area contributed by atoms with E-state index in [1.165, 1.54) is 51.6 Å². The second-order valence-electron chi connectivity index (χ2n) is 14.4. The summed E-state index contributed by atoms with van der Waals surface area (Å²) < 4.78 is 11.6. The van der Waals surface area contributed by atoms with Crippen LogP contribution in [0.1, 0.15) is 49.7 Å². The Morgan fingerprint density at radius 3 is 1.62 bits per heavy atom. The van der Waals surface area contributed by atoms with Crippen LogP contribution in [0.3, 0.4) is 0 Å². The highest BCUT2D eigenvalue weighted by Crippen LogP contribution is 2.47. The van der Waals surface area contributed by atoms with Crippen molar-refractivity contribution in [1.29, 1.82) is 0 Å². The Balaban J connectivity index is 1.03. The summed E-state index contributed by atoms with van der Waals surface area (Å²) in [6.45, 7) is 7.28. The maximum absolute atomic E-state index is 7.16. The van der Waals surface area contributed by atoms with Crippen LogP contribution in [0.2, 0.25) is 10.0 Å².